The van der Waals surface area contributed by atoms with Gasteiger partial charge in [0.05, 0.1) is 20.3 Å². The number of hydrogen-bond donors (Lipinski definition) is 1. The Morgan fingerprint density at radius 2 is 1.95 bits per heavy atom. The molecule has 1 unspecified atom stereocenters. The second-order valence-corrected chi connectivity index (χ2v) is 6.18. The van der Waals surface area contributed by atoms with Gasteiger partial charge in [-0.1, -0.05) is 27.2 Å². The number of nitrogens with one attached hydrogen (secondary N) is 1. The van der Waals surface area contributed by atoms with Crippen LogP contribution in [0.15, 0.2) is 0 Å². The van der Waals surface area contributed by atoms with Crippen LogP contribution < -0.4 is 5.32 Å². The fraction of sp³-hybridized carbons (Fsp3) is 0.867. The van der Waals surface area contributed by atoms with Crippen LogP contribution in [0.1, 0.15) is 40.0 Å². The van der Waals surface area contributed by atoms with Gasteiger partial charge in [-0.05, 0) is 18.3 Å². The topological polar surface area (TPSA) is 67.9 Å². The first kappa shape index (κ1) is 17.8. The Morgan fingerprint density at radius 3 is 2.48 bits per heavy atom. The molecule has 1 N–H and O–H groups in total. The highest BCUT2D eigenvalue weighted by Crippen LogP contribution is 2.27. The maximum atomic E-state index is 12.2. The zero-order chi connectivity index (χ0) is 15.9. The van der Waals surface area contributed by atoms with Crippen LogP contribution in [0.3, 0.4) is 0 Å². The Bertz CT molecular complexity index is 352. The number of methoxy groups -OCH3 is 1. The fourth-order valence-electron chi connectivity index (χ4n) is 2.11. The third kappa shape index (κ3) is 5.91. The molecule has 21 heavy (non-hydrogen) atoms. The molecule has 122 valence electrons. The molecule has 0 saturated carbocycles. The average molecular weight is 300 g/mol. The predicted octanol–water partition coefficient (Wildman–Crippen LogP) is 1.79. The molecular weight excluding hydrogens is 272 g/mol. The number of hydrogen-bond acceptors (Lipinski definition) is 4. The van der Waals surface area contributed by atoms with Crippen LogP contribution in [0, 0.1) is 5.41 Å². The Hall–Kier alpha value is -1.30. The first-order chi connectivity index (χ1) is 9.89. The standard InChI is InChI=1S/C15H28N2O4/c1-5-15(2,3)7-6-12(13(18)20-4)16-14(19)17-8-10-21-11-9-17/h12H,5-11H2,1-4H3,(H,16,19). The van der Waals surface area contributed by atoms with E-state index < -0.39 is 6.04 Å². The molecule has 1 aliphatic heterocycles. The van der Waals surface area contributed by atoms with Crippen LogP contribution >= 0.6 is 0 Å². The molecule has 0 bridgehead atoms. The number of morpholine rings is 1. The van der Waals surface area contributed by atoms with Gasteiger partial charge in [-0.15, -0.1) is 0 Å². The minimum atomic E-state index is -0.587. The lowest BCUT2D eigenvalue weighted by molar-refractivity contribution is -0.143. The highest BCUT2D eigenvalue weighted by Gasteiger charge is 2.27. The molecule has 1 saturated heterocycles. The van der Waals surface area contributed by atoms with Crippen LogP contribution in [0.25, 0.3) is 0 Å². The van der Waals surface area contributed by atoms with Gasteiger partial charge in [-0.25, -0.2) is 9.59 Å². The van der Waals surface area contributed by atoms with Crippen molar-refractivity contribution >= 4 is 12.0 Å². The summed E-state index contributed by atoms with van der Waals surface area (Å²) in [6.07, 6.45) is 2.47. The number of nitrogens with zero attached hydrogens (tertiary/aromatic N) is 1. The molecule has 0 aliphatic carbocycles. The fourth-order valence-corrected chi connectivity index (χ4v) is 2.11. The lowest BCUT2D eigenvalue weighted by atomic mass is 9.84. The molecule has 0 spiro atoms. The molecule has 0 aromatic heterocycles. The van der Waals surface area contributed by atoms with E-state index in [1.54, 1.807) is 4.90 Å². The Labute approximate surface area is 127 Å². The van der Waals surface area contributed by atoms with Crippen LogP contribution in [-0.4, -0.2) is 56.4 Å². The van der Waals surface area contributed by atoms with E-state index in [0.29, 0.717) is 32.7 Å². The van der Waals surface area contributed by atoms with Crippen LogP contribution in [0.2, 0.25) is 0 Å². The van der Waals surface area contributed by atoms with E-state index in [0.717, 1.165) is 12.8 Å². The third-order valence-corrected chi connectivity index (χ3v) is 4.15. The number of carbonyl (C=O) groups excluding carboxylic acids is 2. The summed E-state index contributed by atoms with van der Waals surface area (Å²) < 4.78 is 10.0. The smallest absolute Gasteiger partial charge is 0.328 e. The van der Waals surface area contributed by atoms with Crippen molar-refractivity contribution in [2.45, 2.75) is 46.1 Å². The van der Waals surface area contributed by atoms with E-state index in [1.807, 2.05) is 0 Å². The zero-order valence-corrected chi connectivity index (χ0v) is 13.6. The largest absolute Gasteiger partial charge is 0.467 e. The molecule has 6 nitrogen and oxygen atoms in total. The summed E-state index contributed by atoms with van der Waals surface area (Å²) in [6.45, 7) is 8.63. The second kappa shape index (κ2) is 8.22. The van der Waals surface area contributed by atoms with E-state index in [1.165, 1.54) is 7.11 Å². The number of rotatable bonds is 6. The van der Waals surface area contributed by atoms with Gasteiger partial charge in [0.1, 0.15) is 6.04 Å². The highest BCUT2D eigenvalue weighted by atomic mass is 16.5. The van der Waals surface area contributed by atoms with Gasteiger partial charge in [0, 0.05) is 13.1 Å². The van der Waals surface area contributed by atoms with Crippen LogP contribution in [0.4, 0.5) is 4.79 Å². The summed E-state index contributed by atoms with van der Waals surface area (Å²) in [5, 5.41) is 2.79. The number of ether oxygens (including phenoxy) is 2. The molecular formula is C15H28N2O4. The molecule has 0 aromatic carbocycles. The first-order valence-electron chi connectivity index (χ1n) is 7.60. The average Bonchev–Trinajstić information content (AvgIpc) is 2.51. The predicted molar refractivity (Wildman–Crippen MR) is 80.0 cm³/mol. The highest BCUT2D eigenvalue weighted by molar-refractivity contribution is 5.83. The monoisotopic (exact) mass is 300 g/mol. The van der Waals surface area contributed by atoms with Gasteiger partial charge >= 0.3 is 12.0 Å². The van der Waals surface area contributed by atoms with Gasteiger partial charge in [-0.3, -0.25) is 0 Å². The quantitative estimate of drug-likeness (QED) is 0.759. The number of carbonyl (C=O) groups is 2. The van der Waals surface area contributed by atoms with Crippen LogP contribution in [0.5, 0.6) is 0 Å². The Morgan fingerprint density at radius 1 is 1.33 bits per heavy atom. The molecule has 6 heteroatoms. The summed E-state index contributed by atoms with van der Waals surface area (Å²) in [6, 6.07) is -0.806. The molecule has 1 fully saturated rings. The maximum absolute atomic E-state index is 12.2. The van der Waals surface area contributed by atoms with Gasteiger partial charge in [-0.2, -0.15) is 0 Å². The van der Waals surface area contributed by atoms with E-state index in [4.69, 9.17) is 9.47 Å². The van der Waals surface area contributed by atoms with Crippen molar-refractivity contribution in [3.63, 3.8) is 0 Å². The number of amides is 2. The van der Waals surface area contributed by atoms with E-state index in [-0.39, 0.29) is 17.4 Å². The second-order valence-electron chi connectivity index (χ2n) is 6.18. The van der Waals surface area contributed by atoms with Crippen LogP contribution in [-0.2, 0) is 14.3 Å². The number of urea groups is 1. The third-order valence-electron chi connectivity index (χ3n) is 4.15. The van der Waals surface area contributed by atoms with Crippen molar-refractivity contribution in [1.82, 2.24) is 10.2 Å². The summed E-state index contributed by atoms with van der Waals surface area (Å²) >= 11 is 0. The molecule has 1 rings (SSSR count). The molecule has 1 aliphatic rings. The van der Waals surface area contributed by atoms with Crippen molar-refractivity contribution in [1.29, 1.82) is 0 Å². The SMILES string of the molecule is CCC(C)(C)CCC(NC(=O)N1CCOCC1)C(=O)OC. The summed E-state index contributed by atoms with van der Waals surface area (Å²) in [5.41, 5.74) is 0.149. The van der Waals surface area contributed by atoms with Gasteiger partial charge in [0.15, 0.2) is 0 Å². The minimum Gasteiger partial charge on any atom is -0.467 e. The lowest BCUT2D eigenvalue weighted by Gasteiger charge is -2.30. The van der Waals surface area contributed by atoms with Crippen molar-refractivity contribution in [2.75, 3.05) is 33.4 Å². The zero-order valence-electron chi connectivity index (χ0n) is 13.6. The summed E-state index contributed by atoms with van der Waals surface area (Å²) in [5.74, 6) is -0.386. The molecule has 0 aromatic rings. The van der Waals surface area contributed by atoms with Crippen molar-refractivity contribution in [2.24, 2.45) is 5.41 Å². The summed E-state index contributed by atoms with van der Waals surface area (Å²) in [4.78, 5) is 25.7. The normalized spacial score (nSPS) is 17.2. The molecule has 2 amide bonds. The minimum absolute atomic E-state index is 0.149. The molecule has 1 atom stereocenters. The summed E-state index contributed by atoms with van der Waals surface area (Å²) in [7, 11) is 1.35. The van der Waals surface area contributed by atoms with Gasteiger partial charge < -0.3 is 19.7 Å². The van der Waals surface area contributed by atoms with Gasteiger partial charge in [0.2, 0.25) is 0 Å². The van der Waals surface area contributed by atoms with Gasteiger partial charge in [0.25, 0.3) is 0 Å². The first-order valence-corrected chi connectivity index (χ1v) is 7.60. The van der Waals surface area contributed by atoms with E-state index in [2.05, 4.69) is 26.1 Å². The van der Waals surface area contributed by atoms with Crippen molar-refractivity contribution < 1.29 is 19.1 Å². The Balaban J connectivity index is 2.56. The number of esters is 1. The molecule has 0 radical (unpaired) electrons. The maximum Gasteiger partial charge on any atom is 0.328 e. The van der Waals surface area contributed by atoms with E-state index in [9.17, 15) is 9.59 Å². The molecule has 1 heterocycles. The lowest BCUT2D eigenvalue weighted by Crippen LogP contribution is -2.51. The Kier molecular flexibility index (Phi) is 6.95. The van der Waals surface area contributed by atoms with Crippen molar-refractivity contribution in [3.05, 3.63) is 0 Å². The van der Waals surface area contributed by atoms with Crippen molar-refractivity contribution in [3.8, 4) is 0 Å². The van der Waals surface area contributed by atoms with E-state index >= 15 is 0 Å².